The zero-order valence-corrected chi connectivity index (χ0v) is 11.0. The third-order valence-corrected chi connectivity index (χ3v) is 4.13. The van der Waals surface area contributed by atoms with Crippen molar-refractivity contribution in [2.45, 2.75) is 25.3 Å². The van der Waals surface area contributed by atoms with Gasteiger partial charge in [0.2, 0.25) is 0 Å². The molecule has 1 unspecified atom stereocenters. The number of aromatic carboxylic acids is 1. The normalized spacial score (nSPS) is 24.0. The molecule has 5 heteroatoms. The third-order valence-electron chi connectivity index (χ3n) is 4.13. The molecule has 102 valence electrons. The maximum atomic E-state index is 11.3. The van der Waals surface area contributed by atoms with Crippen molar-refractivity contribution in [3.63, 3.8) is 0 Å². The van der Waals surface area contributed by atoms with Crippen molar-refractivity contribution < 1.29 is 9.90 Å². The number of nitrogens with zero attached hydrogens (tertiary/aromatic N) is 3. The minimum absolute atomic E-state index is 0.175. The highest BCUT2D eigenvalue weighted by atomic mass is 16.4. The molecule has 1 N–H and O–H groups in total. The van der Waals surface area contributed by atoms with Crippen molar-refractivity contribution in [2.24, 2.45) is 0 Å². The van der Waals surface area contributed by atoms with E-state index in [1.54, 1.807) is 6.20 Å². The number of rotatable bonds is 2. The number of pyridine rings is 1. The topological polar surface area (TPSA) is 56.7 Å². The average Bonchev–Trinajstić information content (AvgIpc) is 2.76. The van der Waals surface area contributed by atoms with Crippen LogP contribution in [0.5, 0.6) is 0 Å². The van der Waals surface area contributed by atoms with Crippen molar-refractivity contribution in [2.75, 3.05) is 31.1 Å². The first kappa shape index (κ1) is 12.4. The number of carbonyl (C=O) groups is 1. The van der Waals surface area contributed by atoms with Crippen LogP contribution in [0.1, 0.15) is 29.8 Å². The molecule has 2 aliphatic rings. The summed E-state index contributed by atoms with van der Waals surface area (Å²) in [4.78, 5) is 20.0. The molecular weight excluding hydrogens is 242 g/mol. The van der Waals surface area contributed by atoms with E-state index in [-0.39, 0.29) is 5.69 Å². The fourth-order valence-corrected chi connectivity index (χ4v) is 3.24. The summed E-state index contributed by atoms with van der Waals surface area (Å²) in [7, 11) is 0. The highest BCUT2D eigenvalue weighted by Crippen LogP contribution is 2.26. The maximum Gasteiger partial charge on any atom is 0.356 e. The number of carboxylic acid groups (broad SMARTS) is 1. The van der Waals surface area contributed by atoms with Crippen LogP contribution in [0.4, 0.5) is 5.69 Å². The van der Waals surface area contributed by atoms with E-state index in [0.717, 1.165) is 31.7 Å². The quantitative estimate of drug-likeness (QED) is 0.873. The van der Waals surface area contributed by atoms with Gasteiger partial charge in [0, 0.05) is 31.9 Å². The Morgan fingerprint density at radius 3 is 3.00 bits per heavy atom. The van der Waals surface area contributed by atoms with Crippen molar-refractivity contribution in [3.8, 4) is 0 Å². The van der Waals surface area contributed by atoms with Crippen LogP contribution >= 0.6 is 0 Å². The standard InChI is InChI=1S/C14H19N3O2/c18-14(19)13-12(5-1-6-15-13)17-9-3-8-16-7-2-4-11(16)10-17/h1,5-6,11H,2-4,7-10H2,(H,18,19). The summed E-state index contributed by atoms with van der Waals surface area (Å²) in [5.41, 5.74) is 0.942. The molecule has 3 rings (SSSR count). The summed E-state index contributed by atoms with van der Waals surface area (Å²) in [5, 5.41) is 9.25. The number of fused-ring (bicyclic) bond motifs is 1. The summed E-state index contributed by atoms with van der Waals surface area (Å²) in [6, 6.07) is 4.27. The molecule has 0 spiro atoms. The van der Waals surface area contributed by atoms with E-state index in [9.17, 15) is 9.90 Å². The molecule has 0 saturated carbocycles. The Morgan fingerprint density at radius 2 is 2.16 bits per heavy atom. The van der Waals surface area contributed by atoms with Gasteiger partial charge in [-0.3, -0.25) is 4.90 Å². The maximum absolute atomic E-state index is 11.3. The molecule has 0 radical (unpaired) electrons. The number of anilines is 1. The SMILES string of the molecule is O=C(O)c1ncccc1N1CCCN2CCCC2C1. The average molecular weight is 261 g/mol. The van der Waals surface area contributed by atoms with Gasteiger partial charge in [0.05, 0.1) is 5.69 Å². The fourth-order valence-electron chi connectivity index (χ4n) is 3.24. The van der Waals surface area contributed by atoms with Gasteiger partial charge in [0.15, 0.2) is 5.69 Å². The highest BCUT2D eigenvalue weighted by molar-refractivity contribution is 5.92. The van der Waals surface area contributed by atoms with Gasteiger partial charge < -0.3 is 10.0 Å². The first-order valence-electron chi connectivity index (χ1n) is 6.93. The summed E-state index contributed by atoms with van der Waals surface area (Å²) in [6.07, 6.45) is 5.12. The van der Waals surface area contributed by atoms with Crippen LogP contribution in [-0.2, 0) is 0 Å². The lowest BCUT2D eigenvalue weighted by Gasteiger charge is -2.27. The van der Waals surface area contributed by atoms with Crippen molar-refractivity contribution >= 4 is 11.7 Å². The van der Waals surface area contributed by atoms with Crippen LogP contribution < -0.4 is 4.90 Å². The van der Waals surface area contributed by atoms with Gasteiger partial charge in [-0.25, -0.2) is 9.78 Å². The molecule has 0 aromatic carbocycles. The summed E-state index contributed by atoms with van der Waals surface area (Å²) >= 11 is 0. The third kappa shape index (κ3) is 2.42. The van der Waals surface area contributed by atoms with Gasteiger partial charge in [-0.15, -0.1) is 0 Å². The van der Waals surface area contributed by atoms with E-state index in [4.69, 9.17) is 0 Å². The Kier molecular flexibility index (Phi) is 3.38. The Bertz CT molecular complexity index is 478. The zero-order valence-electron chi connectivity index (χ0n) is 11.0. The van der Waals surface area contributed by atoms with E-state index in [2.05, 4.69) is 14.8 Å². The van der Waals surface area contributed by atoms with Crippen LogP contribution in [0.2, 0.25) is 0 Å². The second-order valence-electron chi connectivity index (χ2n) is 5.31. The lowest BCUT2D eigenvalue weighted by Crippen LogP contribution is -2.37. The van der Waals surface area contributed by atoms with E-state index in [1.807, 2.05) is 12.1 Å². The Balaban J connectivity index is 1.87. The largest absolute Gasteiger partial charge is 0.476 e. The molecule has 2 aliphatic heterocycles. The van der Waals surface area contributed by atoms with Crippen molar-refractivity contribution in [1.29, 1.82) is 0 Å². The van der Waals surface area contributed by atoms with E-state index in [0.29, 0.717) is 6.04 Å². The second-order valence-corrected chi connectivity index (χ2v) is 5.31. The van der Waals surface area contributed by atoms with Crippen LogP contribution in [0.25, 0.3) is 0 Å². The van der Waals surface area contributed by atoms with Crippen molar-refractivity contribution in [1.82, 2.24) is 9.88 Å². The smallest absolute Gasteiger partial charge is 0.356 e. The fraction of sp³-hybridized carbons (Fsp3) is 0.571. The lowest BCUT2D eigenvalue weighted by molar-refractivity contribution is 0.0691. The number of hydrogen-bond acceptors (Lipinski definition) is 4. The van der Waals surface area contributed by atoms with Crippen LogP contribution in [0, 0.1) is 0 Å². The minimum Gasteiger partial charge on any atom is -0.476 e. The van der Waals surface area contributed by atoms with Gasteiger partial charge in [0.1, 0.15) is 0 Å². The molecule has 3 heterocycles. The number of hydrogen-bond donors (Lipinski definition) is 1. The number of aromatic nitrogens is 1. The van der Waals surface area contributed by atoms with E-state index in [1.165, 1.54) is 19.4 Å². The summed E-state index contributed by atoms with van der Waals surface area (Å²) in [5.74, 6) is -0.942. The summed E-state index contributed by atoms with van der Waals surface area (Å²) < 4.78 is 0. The first-order chi connectivity index (χ1) is 9.25. The Labute approximate surface area is 112 Å². The van der Waals surface area contributed by atoms with Gasteiger partial charge >= 0.3 is 5.97 Å². The van der Waals surface area contributed by atoms with Gasteiger partial charge in [-0.2, -0.15) is 0 Å². The molecular formula is C14H19N3O2. The molecule has 2 fully saturated rings. The first-order valence-corrected chi connectivity index (χ1v) is 6.93. The molecule has 19 heavy (non-hydrogen) atoms. The molecule has 5 nitrogen and oxygen atoms in total. The monoisotopic (exact) mass is 261 g/mol. The molecule has 1 aromatic heterocycles. The second kappa shape index (κ2) is 5.17. The van der Waals surface area contributed by atoms with E-state index >= 15 is 0 Å². The molecule has 0 bridgehead atoms. The van der Waals surface area contributed by atoms with Gasteiger partial charge in [0.25, 0.3) is 0 Å². The van der Waals surface area contributed by atoms with Gasteiger partial charge in [-0.05, 0) is 37.9 Å². The molecule has 1 atom stereocenters. The molecule has 2 saturated heterocycles. The minimum atomic E-state index is -0.942. The highest BCUT2D eigenvalue weighted by Gasteiger charge is 2.30. The predicted molar refractivity (Wildman–Crippen MR) is 72.6 cm³/mol. The van der Waals surface area contributed by atoms with Crippen LogP contribution in [0.15, 0.2) is 18.3 Å². The number of carboxylic acids is 1. The Morgan fingerprint density at radius 1 is 1.32 bits per heavy atom. The van der Waals surface area contributed by atoms with Crippen LogP contribution in [0.3, 0.4) is 0 Å². The van der Waals surface area contributed by atoms with Gasteiger partial charge in [-0.1, -0.05) is 0 Å². The van der Waals surface area contributed by atoms with E-state index < -0.39 is 5.97 Å². The lowest BCUT2D eigenvalue weighted by atomic mass is 10.2. The molecule has 0 amide bonds. The Hall–Kier alpha value is -1.62. The molecule has 1 aromatic rings. The predicted octanol–water partition coefficient (Wildman–Crippen LogP) is 1.45. The summed E-state index contributed by atoms with van der Waals surface area (Å²) in [6.45, 7) is 4.16. The van der Waals surface area contributed by atoms with Crippen LogP contribution in [-0.4, -0.2) is 53.2 Å². The zero-order chi connectivity index (χ0) is 13.2. The molecule has 0 aliphatic carbocycles. The van der Waals surface area contributed by atoms with Crippen molar-refractivity contribution in [3.05, 3.63) is 24.0 Å².